The van der Waals surface area contributed by atoms with Crippen molar-refractivity contribution in [2.75, 3.05) is 5.32 Å². The number of nitrogens with zero attached hydrogens (tertiary/aromatic N) is 3. The van der Waals surface area contributed by atoms with Gasteiger partial charge in [0.05, 0.1) is 12.7 Å². The van der Waals surface area contributed by atoms with Crippen molar-refractivity contribution in [1.29, 1.82) is 0 Å². The summed E-state index contributed by atoms with van der Waals surface area (Å²) in [7, 11) is 0. The minimum absolute atomic E-state index is 0.218. The molecule has 3 heterocycles. The van der Waals surface area contributed by atoms with Gasteiger partial charge in [0.25, 0.3) is 5.91 Å². The number of hydrogen-bond acceptors (Lipinski definition) is 7. The smallest absolute Gasteiger partial charge is 0.277 e. The zero-order valence-electron chi connectivity index (χ0n) is 13.8. The highest BCUT2D eigenvalue weighted by atomic mass is 16.5. The van der Waals surface area contributed by atoms with E-state index >= 15 is 0 Å². The lowest BCUT2D eigenvalue weighted by Crippen LogP contribution is -2.13. The topological polar surface area (TPSA) is 107 Å². The molecule has 0 spiro atoms. The Morgan fingerprint density at radius 1 is 1.12 bits per heavy atom. The van der Waals surface area contributed by atoms with Crippen LogP contribution in [0.1, 0.15) is 27.7 Å². The van der Waals surface area contributed by atoms with Crippen LogP contribution < -0.4 is 5.32 Å². The Labute approximate surface area is 147 Å². The maximum absolute atomic E-state index is 12.3. The van der Waals surface area contributed by atoms with E-state index < -0.39 is 0 Å². The Bertz CT molecular complexity index is 1030. The van der Waals surface area contributed by atoms with Gasteiger partial charge in [0.1, 0.15) is 5.76 Å². The highest BCUT2D eigenvalue weighted by molar-refractivity contribution is 6.03. The average molecular weight is 350 g/mol. The molecule has 0 bridgehead atoms. The molecule has 0 aliphatic rings. The monoisotopic (exact) mass is 350 g/mol. The van der Waals surface area contributed by atoms with Gasteiger partial charge in [-0.1, -0.05) is 28.5 Å². The highest BCUT2D eigenvalue weighted by Gasteiger charge is 2.16. The largest absolute Gasteiger partial charge is 0.461 e. The van der Waals surface area contributed by atoms with Gasteiger partial charge in [0.2, 0.25) is 11.7 Å². The number of aromatic nitrogens is 3. The van der Waals surface area contributed by atoms with E-state index in [2.05, 4.69) is 20.6 Å². The molecule has 1 aromatic carbocycles. The molecule has 1 N–H and O–H groups in total. The molecule has 0 unspecified atom stereocenters. The van der Waals surface area contributed by atoms with Crippen molar-refractivity contribution in [3.63, 3.8) is 0 Å². The Kier molecular flexibility index (Phi) is 4.06. The first-order valence-corrected chi connectivity index (χ1v) is 7.88. The number of carbonyl (C=O) groups excluding carboxylic acids is 1. The molecular formula is C18H14N4O4. The summed E-state index contributed by atoms with van der Waals surface area (Å²) in [6, 6.07) is 12.4. The molecule has 3 aromatic heterocycles. The number of para-hydroxylation sites is 1. The van der Waals surface area contributed by atoms with Crippen LogP contribution in [0, 0.1) is 6.92 Å². The van der Waals surface area contributed by atoms with E-state index in [1.807, 2.05) is 18.2 Å². The first kappa shape index (κ1) is 15.8. The van der Waals surface area contributed by atoms with Crippen molar-refractivity contribution in [2.24, 2.45) is 0 Å². The third-order valence-corrected chi connectivity index (χ3v) is 3.68. The minimum Gasteiger partial charge on any atom is -0.461 e. The summed E-state index contributed by atoms with van der Waals surface area (Å²) in [6.45, 7) is 1.73. The van der Waals surface area contributed by atoms with Crippen molar-refractivity contribution in [1.82, 2.24) is 15.3 Å². The van der Waals surface area contributed by atoms with E-state index in [0.717, 1.165) is 5.56 Å². The van der Waals surface area contributed by atoms with E-state index in [0.29, 0.717) is 35.3 Å². The summed E-state index contributed by atoms with van der Waals surface area (Å²) in [5, 5.41) is 10.5. The fraction of sp³-hybridized carbons (Fsp3) is 0.111. The van der Waals surface area contributed by atoms with Gasteiger partial charge < -0.3 is 18.8 Å². The summed E-state index contributed by atoms with van der Waals surface area (Å²) in [5.41, 5.74) is 1.68. The summed E-state index contributed by atoms with van der Waals surface area (Å²) in [6.07, 6.45) is 1.91. The van der Waals surface area contributed by atoms with Crippen LogP contribution >= 0.6 is 0 Å². The van der Waals surface area contributed by atoms with E-state index in [-0.39, 0.29) is 11.6 Å². The van der Waals surface area contributed by atoms with Crippen LogP contribution in [0.15, 0.2) is 62.2 Å². The second-order valence-electron chi connectivity index (χ2n) is 5.60. The predicted molar refractivity (Wildman–Crippen MR) is 90.4 cm³/mol. The first-order chi connectivity index (χ1) is 12.7. The van der Waals surface area contributed by atoms with E-state index in [9.17, 15) is 4.79 Å². The molecule has 8 heteroatoms. The third kappa shape index (κ3) is 3.25. The maximum Gasteiger partial charge on any atom is 0.277 e. The molecule has 4 aromatic rings. The van der Waals surface area contributed by atoms with Gasteiger partial charge >= 0.3 is 0 Å². The van der Waals surface area contributed by atoms with Gasteiger partial charge in [-0.05, 0) is 30.7 Å². The van der Waals surface area contributed by atoms with Crippen LogP contribution in [0.2, 0.25) is 0 Å². The van der Waals surface area contributed by atoms with Crippen molar-refractivity contribution in [3.05, 3.63) is 71.6 Å². The molecule has 0 fully saturated rings. The Morgan fingerprint density at radius 3 is 2.77 bits per heavy atom. The lowest BCUT2D eigenvalue weighted by Gasteiger charge is -2.08. The number of nitrogens with one attached hydrogen (secondary N) is 1. The van der Waals surface area contributed by atoms with Gasteiger partial charge in [-0.25, -0.2) is 0 Å². The lowest BCUT2D eigenvalue weighted by molar-refractivity contribution is 0.101. The fourth-order valence-electron chi connectivity index (χ4n) is 2.45. The molecule has 8 nitrogen and oxygen atoms in total. The molecule has 26 heavy (non-hydrogen) atoms. The maximum atomic E-state index is 12.3. The molecule has 0 atom stereocenters. The Balaban J connectivity index is 1.53. The molecule has 130 valence electrons. The van der Waals surface area contributed by atoms with Crippen LogP contribution in [0.4, 0.5) is 5.69 Å². The summed E-state index contributed by atoms with van der Waals surface area (Å²) in [5.74, 6) is 1.54. The van der Waals surface area contributed by atoms with Gasteiger partial charge in [-0.3, -0.25) is 4.79 Å². The number of hydrogen-bond donors (Lipinski definition) is 1. The Morgan fingerprint density at radius 2 is 2.00 bits per heavy atom. The van der Waals surface area contributed by atoms with E-state index in [1.54, 1.807) is 37.5 Å². The number of aryl methyl sites for hydroxylation is 1. The number of benzene rings is 1. The van der Waals surface area contributed by atoms with Crippen LogP contribution in [0.5, 0.6) is 0 Å². The molecule has 1 amide bonds. The zero-order chi connectivity index (χ0) is 17.9. The molecule has 4 rings (SSSR count). The number of rotatable bonds is 5. The molecular weight excluding hydrogens is 336 g/mol. The van der Waals surface area contributed by atoms with Gasteiger partial charge in [-0.15, -0.1) is 0 Å². The van der Waals surface area contributed by atoms with Crippen molar-refractivity contribution in [3.8, 4) is 11.6 Å². The number of carbonyl (C=O) groups is 1. The molecule has 0 radical (unpaired) electrons. The van der Waals surface area contributed by atoms with Crippen molar-refractivity contribution >= 4 is 11.6 Å². The van der Waals surface area contributed by atoms with Crippen LogP contribution in [-0.2, 0) is 6.42 Å². The number of anilines is 1. The summed E-state index contributed by atoms with van der Waals surface area (Å²) in [4.78, 5) is 16.6. The van der Waals surface area contributed by atoms with Gasteiger partial charge in [-0.2, -0.15) is 4.98 Å². The minimum atomic E-state index is -0.351. The average Bonchev–Trinajstić information content (AvgIpc) is 3.37. The predicted octanol–water partition coefficient (Wildman–Crippen LogP) is 3.47. The third-order valence-electron chi connectivity index (χ3n) is 3.68. The van der Waals surface area contributed by atoms with Gasteiger partial charge in [0.15, 0.2) is 11.5 Å². The second kappa shape index (κ2) is 6.67. The molecule has 0 saturated carbocycles. The SMILES string of the molecule is Cc1cc(C(=O)Nc2ccccc2Cc2nc(-c3ccco3)no2)no1. The standard InChI is InChI=1S/C18H14N4O4/c1-11-9-14(21-25-11)18(23)19-13-6-3-2-5-12(13)10-16-20-17(22-26-16)15-7-4-8-24-15/h2-9H,10H2,1H3,(H,19,23). The van der Waals surface area contributed by atoms with Crippen LogP contribution in [0.25, 0.3) is 11.6 Å². The van der Waals surface area contributed by atoms with Crippen LogP contribution in [-0.4, -0.2) is 21.2 Å². The molecule has 0 aliphatic heterocycles. The quantitative estimate of drug-likeness (QED) is 0.587. The van der Waals surface area contributed by atoms with E-state index in [4.69, 9.17) is 13.5 Å². The van der Waals surface area contributed by atoms with E-state index in [1.165, 1.54) is 0 Å². The lowest BCUT2D eigenvalue weighted by atomic mass is 10.1. The molecule has 0 saturated heterocycles. The van der Waals surface area contributed by atoms with Crippen molar-refractivity contribution < 1.29 is 18.3 Å². The van der Waals surface area contributed by atoms with Crippen molar-refractivity contribution in [2.45, 2.75) is 13.3 Å². The Hall–Kier alpha value is -3.68. The fourth-order valence-corrected chi connectivity index (χ4v) is 2.45. The van der Waals surface area contributed by atoms with Gasteiger partial charge in [0, 0.05) is 11.8 Å². The second-order valence-corrected chi connectivity index (χ2v) is 5.60. The molecule has 0 aliphatic carbocycles. The number of amides is 1. The van der Waals surface area contributed by atoms with Crippen LogP contribution in [0.3, 0.4) is 0 Å². The summed E-state index contributed by atoms with van der Waals surface area (Å²) < 4.78 is 15.5. The highest BCUT2D eigenvalue weighted by Crippen LogP contribution is 2.21. The zero-order valence-corrected chi connectivity index (χ0v) is 13.8. The first-order valence-electron chi connectivity index (χ1n) is 7.88. The summed E-state index contributed by atoms with van der Waals surface area (Å²) >= 11 is 0. The number of furan rings is 1. The normalized spacial score (nSPS) is 10.8.